The third-order valence-corrected chi connectivity index (χ3v) is 5.55. The van der Waals surface area contributed by atoms with Crippen molar-refractivity contribution in [2.24, 2.45) is 0 Å². The third kappa shape index (κ3) is 2.10. The highest BCUT2D eigenvalue weighted by Gasteiger charge is 2.43. The summed E-state index contributed by atoms with van der Waals surface area (Å²) in [6, 6.07) is 8.07. The fraction of sp³-hybridized carbons (Fsp3) is 0.467. The molecule has 5 heteroatoms. The maximum atomic E-state index is 11.7. The number of aliphatic carboxylic acids is 1. The van der Waals surface area contributed by atoms with Gasteiger partial charge in [0.1, 0.15) is 4.75 Å². The summed E-state index contributed by atoms with van der Waals surface area (Å²) >= 11 is 1.57. The number of para-hydroxylation sites is 1. The van der Waals surface area contributed by atoms with E-state index in [2.05, 4.69) is 12.0 Å². The molecule has 2 heterocycles. The maximum absolute atomic E-state index is 11.7. The average molecular weight is 290 g/mol. The van der Waals surface area contributed by atoms with Crippen molar-refractivity contribution in [3.63, 3.8) is 0 Å². The Hall–Kier alpha value is -1.49. The van der Waals surface area contributed by atoms with E-state index < -0.39 is 10.7 Å². The number of aromatic nitrogens is 2. The number of carboxylic acids is 1. The number of carbonyl (C=O) groups is 1. The van der Waals surface area contributed by atoms with Gasteiger partial charge in [0.2, 0.25) is 0 Å². The van der Waals surface area contributed by atoms with Crippen LogP contribution < -0.4 is 0 Å². The molecule has 20 heavy (non-hydrogen) atoms. The first-order valence-corrected chi connectivity index (χ1v) is 7.96. The second-order valence-electron chi connectivity index (χ2n) is 5.21. The highest BCUT2D eigenvalue weighted by molar-refractivity contribution is 8.01. The molecule has 1 saturated heterocycles. The Morgan fingerprint density at radius 1 is 1.50 bits per heavy atom. The van der Waals surface area contributed by atoms with Gasteiger partial charge >= 0.3 is 5.97 Å². The molecule has 1 aliphatic heterocycles. The predicted octanol–water partition coefficient (Wildman–Crippen LogP) is 2.95. The molecule has 106 valence electrons. The summed E-state index contributed by atoms with van der Waals surface area (Å²) in [6.45, 7) is 2.86. The van der Waals surface area contributed by atoms with E-state index in [1.54, 1.807) is 11.8 Å². The number of hydrogen-bond acceptors (Lipinski definition) is 3. The van der Waals surface area contributed by atoms with E-state index in [0.717, 1.165) is 41.7 Å². The van der Waals surface area contributed by atoms with Crippen LogP contribution in [0.5, 0.6) is 0 Å². The van der Waals surface area contributed by atoms with Gasteiger partial charge in [-0.25, -0.2) is 0 Å². The molecule has 1 aromatic heterocycles. The molecule has 1 aromatic carbocycles. The van der Waals surface area contributed by atoms with Gasteiger partial charge in [-0.3, -0.25) is 9.48 Å². The van der Waals surface area contributed by atoms with Crippen molar-refractivity contribution < 1.29 is 9.90 Å². The molecule has 1 aliphatic rings. The molecule has 1 unspecified atom stereocenters. The van der Waals surface area contributed by atoms with E-state index in [-0.39, 0.29) is 0 Å². The molecule has 0 amide bonds. The van der Waals surface area contributed by atoms with Crippen LogP contribution in [0.4, 0.5) is 0 Å². The molecule has 1 atom stereocenters. The second-order valence-corrected chi connectivity index (χ2v) is 6.69. The molecule has 1 fully saturated rings. The van der Waals surface area contributed by atoms with Crippen LogP contribution in [0, 0.1) is 0 Å². The number of rotatable bonds is 4. The fourth-order valence-electron chi connectivity index (χ4n) is 2.92. The van der Waals surface area contributed by atoms with E-state index in [9.17, 15) is 9.90 Å². The molecule has 1 N–H and O–H groups in total. The molecule has 0 saturated carbocycles. The van der Waals surface area contributed by atoms with Crippen molar-refractivity contribution in [3.8, 4) is 0 Å². The van der Waals surface area contributed by atoms with Gasteiger partial charge < -0.3 is 5.11 Å². The predicted molar refractivity (Wildman–Crippen MR) is 81.2 cm³/mol. The molecule has 0 aliphatic carbocycles. The summed E-state index contributed by atoms with van der Waals surface area (Å²) in [5.74, 6) is 0.230. The van der Waals surface area contributed by atoms with E-state index in [0.29, 0.717) is 6.42 Å². The molecule has 3 rings (SSSR count). The zero-order valence-corrected chi connectivity index (χ0v) is 12.3. The first-order chi connectivity index (χ1) is 9.66. The lowest BCUT2D eigenvalue weighted by atomic mass is 9.96. The lowest BCUT2D eigenvalue weighted by molar-refractivity contribution is -0.139. The number of aryl methyl sites for hydroxylation is 1. The average Bonchev–Trinajstić information content (AvgIpc) is 3.06. The Labute approximate surface area is 122 Å². The maximum Gasteiger partial charge on any atom is 0.320 e. The number of carboxylic acid groups (broad SMARTS) is 1. The van der Waals surface area contributed by atoms with Crippen molar-refractivity contribution in [1.82, 2.24) is 9.78 Å². The largest absolute Gasteiger partial charge is 0.480 e. The minimum atomic E-state index is -0.699. The van der Waals surface area contributed by atoms with Gasteiger partial charge in [0.05, 0.1) is 11.2 Å². The van der Waals surface area contributed by atoms with Crippen molar-refractivity contribution in [3.05, 3.63) is 30.0 Å². The number of thioether (sulfide) groups is 1. The monoisotopic (exact) mass is 290 g/mol. The summed E-state index contributed by atoms with van der Waals surface area (Å²) in [4.78, 5) is 11.7. The number of benzene rings is 1. The van der Waals surface area contributed by atoms with Gasteiger partial charge in [-0.1, -0.05) is 18.2 Å². The Bertz CT molecular complexity index is 644. The van der Waals surface area contributed by atoms with Gasteiger partial charge in [0.25, 0.3) is 0 Å². The molecular weight excluding hydrogens is 272 g/mol. The Morgan fingerprint density at radius 2 is 2.30 bits per heavy atom. The minimum Gasteiger partial charge on any atom is -0.480 e. The Kier molecular flexibility index (Phi) is 3.46. The van der Waals surface area contributed by atoms with Crippen molar-refractivity contribution >= 4 is 28.6 Å². The van der Waals surface area contributed by atoms with E-state index >= 15 is 0 Å². The van der Waals surface area contributed by atoms with Crippen molar-refractivity contribution in [2.45, 2.75) is 37.5 Å². The first kappa shape index (κ1) is 13.5. The van der Waals surface area contributed by atoms with Crippen LogP contribution in [0.1, 0.15) is 25.5 Å². The van der Waals surface area contributed by atoms with Crippen LogP contribution in [0.3, 0.4) is 0 Å². The summed E-state index contributed by atoms with van der Waals surface area (Å²) in [5, 5.41) is 15.3. The molecule has 0 spiro atoms. The summed E-state index contributed by atoms with van der Waals surface area (Å²) in [5.41, 5.74) is 2.01. The smallest absolute Gasteiger partial charge is 0.320 e. The van der Waals surface area contributed by atoms with Crippen LogP contribution in [0.2, 0.25) is 0 Å². The van der Waals surface area contributed by atoms with Crippen LogP contribution in [-0.2, 0) is 17.8 Å². The first-order valence-electron chi connectivity index (χ1n) is 6.98. The van der Waals surface area contributed by atoms with Gasteiger partial charge in [0, 0.05) is 18.4 Å². The van der Waals surface area contributed by atoms with Crippen LogP contribution in [-0.4, -0.2) is 31.4 Å². The third-order valence-electron chi connectivity index (χ3n) is 3.98. The zero-order chi connectivity index (χ0) is 14.2. The SMILES string of the molecule is CCn1nc(CC2(C(=O)O)CCCS2)c2ccccc21. The Balaban J connectivity index is 2.04. The summed E-state index contributed by atoms with van der Waals surface area (Å²) < 4.78 is 1.27. The topological polar surface area (TPSA) is 55.1 Å². The van der Waals surface area contributed by atoms with Gasteiger partial charge in [-0.2, -0.15) is 5.10 Å². The lowest BCUT2D eigenvalue weighted by Crippen LogP contribution is -2.35. The van der Waals surface area contributed by atoms with Crippen LogP contribution in [0.15, 0.2) is 24.3 Å². The number of hydrogen-bond donors (Lipinski definition) is 1. The van der Waals surface area contributed by atoms with Gasteiger partial charge in [-0.15, -0.1) is 11.8 Å². The zero-order valence-electron chi connectivity index (χ0n) is 11.5. The fourth-order valence-corrected chi connectivity index (χ4v) is 4.25. The molecule has 4 nitrogen and oxygen atoms in total. The molecule has 2 aromatic rings. The molecular formula is C15H18N2O2S. The number of nitrogens with zero attached hydrogens (tertiary/aromatic N) is 2. The van der Waals surface area contributed by atoms with Gasteiger partial charge in [-0.05, 0) is 31.6 Å². The summed E-state index contributed by atoms with van der Waals surface area (Å²) in [7, 11) is 0. The quantitative estimate of drug-likeness (QED) is 0.940. The minimum absolute atomic E-state index is 0.514. The Morgan fingerprint density at radius 3 is 2.95 bits per heavy atom. The normalized spacial score (nSPS) is 22.4. The summed E-state index contributed by atoms with van der Waals surface area (Å²) in [6.07, 6.45) is 2.23. The molecule has 0 radical (unpaired) electrons. The highest BCUT2D eigenvalue weighted by atomic mass is 32.2. The van der Waals surface area contributed by atoms with Crippen molar-refractivity contribution in [2.75, 3.05) is 5.75 Å². The second kappa shape index (κ2) is 5.13. The molecule has 0 bridgehead atoms. The van der Waals surface area contributed by atoms with E-state index in [1.165, 1.54) is 0 Å². The lowest BCUT2D eigenvalue weighted by Gasteiger charge is -2.21. The highest BCUT2D eigenvalue weighted by Crippen LogP contribution is 2.41. The van der Waals surface area contributed by atoms with Crippen molar-refractivity contribution in [1.29, 1.82) is 0 Å². The van der Waals surface area contributed by atoms with E-state index in [4.69, 9.17) is 0 Å². The number of fused-ring (bicyclic) bond motifs is 1. The standard InChI is InChI=1S/C15H18N2O2S/c1-2-17-13-7-4-3-6-11(13)12(16-17)10-15(14(18)19)8-5-9-20-15/h3-4,6-7H,2,5,8-10H2,1H3,(H,18,19). The van der Waals surface area contributed by atoms with E-state index in [1.807, 2.05) is 28.9 Å². The van der Waals surface area contributed by atoms with Crippen LogP contribution in [0.25, 0.3) is 10.9 Å². The van der Waals surface area contributed by atoms with Gasteiger partial charge in [0.15, 0.2) is 0 Å². The van der Waals surface area contributed by atoms with Crippen LogP contribution >= 0.6 is 11.8 Å².